The van der Waals surface area contributed by atoms with Gasteiger partial charge in [0.15, 0.2) is 0 Å². The molecule has 1 amide bonds. The zero-order chi connectivity index (χ0) is 21.1. The van der Waals surface area contributed by atoms with E-state index in [1.807, 2.05) is 36.0 Å². The van der Waals surface area contributed by atoms with Crippen molar-refractivity contribution in [3.63, 3.8) is 0 Å². The smallest absolute Gasteiger partial charge is 0.257 e. The Kier molecular flexibility index (Phi) is 6.13. The minimum absolute atomic E-state index is 0.00735. The average Bonchev–Trinajstić information content (AvgIpc) is 3.48. The molecule has 1 aromatic carbocycles. The molecule has 1 aliphatic carbocycles. The minimum atomic E-state index is -0.277. The van der Waals surface area contributed by atoms with Crippen molar-refractivity contribution < 1.29 is 9.18 Å². The Bertz CT molecular complexity index is 927. The van der Waals surface area contributed by atoms with Crippen molar-refractivity contribution in [2.75, 3.05) is 13.1 Å². The lowest BCUT2D eigenvalue weighted by Gasteiger charge is -2.30. The lowest BCUT2D eigenvalue weighted by Crippen LogP contribution is -2.42. The van der Waals surface area contributed by atoms with E-state index >= 15 is 0 Å². The molecule has 6 heteroatoms. The van der Waals surface area contributed by atoms with Gasteiger partial charge < -0.3 is 4.57 Å². The molecule has 0 saturated heterocycles. The summed E-state index contributed by atoms with van der Waals surface area (Å²) in [6.07, 6.45) is 9.16. The molecule has 0 radical (unpaired) electrons. The highest BCUT2D eigenvalue weighted by Gasteiger charge is 2.35. The molecular weight excluding hydrogens is 379 g/mol. The van der Waals surface area contributed by atoms with Gasteiger partial charge in [0.1, 0.15) is 11.9 Å². The van der Waals surface area contributed by atoms with Crippen LogP contribution in [0.15, 0.2) is 60.4 Å². The lowest BCUT2D eigenvalue weighted by atomic mass is 10.0. The van der Waals surface area contributed by atoms with E-state index in [-0.39, 0.29) is 17.8 Å². The zero-order valence-corrected chi connectivity index (χ0v) is 17.5. The molecule has 0 spiro atoms. The van der Waals surface area contributed by atoms with Crippen LogP contribution in [0.2, 0.25) is 0 Å². The van der Waals surface area contributed by atoms with E-state index in [0.717, 1.165) is 29.8 Å². The number of amides is 1. The molecule has 1 fully saturated rings. The largest absolute Gasteiger partial charge is 0.353 e. The fourth-order valence-electron chi connectivity index (χ4n) is 4.63. The molecule has 1 aliphatic heterocycles. The number of aromatic nitrogens is 1. The van der Waals surface area contributed by atoms with Gasteiger partial charge in [0.25, 0.3) is 5.91 Å². The number of hydrazone groups is 1. The van der Waals surface area contributed by atoms with Gasteiger partial charge in [-0.05, 0) is 42.7 Å². The van der Waals surface area contributed by atoms with E-state index in [1.165, 1.54) is 25.0 Å². The van der Waals surface area contributed by atoms with Crippen LogP contribution in [-0.2, 0) is 11.8 Å². The SMILES string of the molecule is C=CCN(CC(=O)N1N=C(c2ccc(F)cc2)CC1c1cccn1C)C1CCCC1. The van der Waals surface area contributed by atoms with Crippen LogP contribution >= 0.6 is 0 Å². The highest BCUT2D eigenvalue weighted by atomic mass is 19.1. The summed E-state index contributed by atoms with van der Waals surface area (Å²) in [7, 11) is 1.98. The van der Waals surface area contributed by atoms with E-state index in [0.29, 0.717) is 25.6 Å². The number of hydrogen-bond acceptors (Lipinski definition) is 3. The highest BCUT2D eigenvalue weighted by Crippen LogP contribution is 2.33. The quantitative estimate of drug-likeness (QED) is 0.642. The van der Waals surface area contributed by atoms with E-state index in [1.54, 1.807) is 17.1 Å². The summed E-state index contributed by atoms with van der Waals surface area (Å²) in [6, 6.07) is 10.6. The molecule has 1 saturated carbocycles. The van der Waals surface area contributed by atoms with Crippen molar-refractivity contribution in [2.45, 2.75) is 44.2 Å². The molecule has 158 valence electrons. The molecule has 30 heavy (non-hydrogen) atoms. The Morgan fingerprint density at radius 2 is 2.00 bits per heavy atom. The first-order valence-electron chi connectivity index (χ1n) is 10.7. The summed E-state index contributed by atoms with van der Waals surface area (Å²) in [5.41, 5.74) is 2.70. The van der Waals surface area contributed by atoms with E-state index in [9.17, 15) is 9.18 Å². The number of carbonyl (C=O) groups excluding carboxylic acids is 1. The molecule has 2 aromatic rings. The molecule has 1 aromatic heterocycles. The number of hydrogen-bond donors (Lipinski definition) is 0. The predicted molar refractivity (Wildman–Crippen MR) is 117 cm³/mol. The van der Waals surface area contributed by atoms with E-state index in [2.05, 4.69) is 11.5 Å². The Morgan fingerprint density at radius 3 is 2.63 bits per heavy atom. The topological polar surface area (TPSA) is 40.8 Å². The number of carbonyl (C=O) groups is 1. The van der Waals surface area contributed by atoms with E-state index in [4.69, 9.17) is 5.10 Å². The number of nitrogens with zero attached hydrogens (tertiary/aromatic N) is 4. The molecule has 1 atom stereocenters. The fraction of sp³-hybridized carbons (Fsp3) is 0.417. The van der Waals surface area contributed by atoms with Crippen LogP contribution in [0.3, 0.4) is 0 Å². The normalized spacial score (nSPS) is 19.5. The second-order valence-corrected chi connectivity index (χ2v) is 8.21. The van der Waals surface area contributed by atoms with Gasteiger partial charge in [0, 0.05) is 37.9 Å². The zero-order valence-electron chi connectivity index (χ0n) is 17.5. The maximum absolute atomic E-state index is 13.4. The Morgan fingerprint density at radius 1 is 1.27 bits per heavy atom. The molecule has 1 unspecified atom stereocenters. The first-order chi connectivity index (χ1) is 14.6. The maximum atomic E-state index is 13.4. The van der Waals surface area contributed by atoms with Crippen LogP contribution in [0.25, 0.3) is 0 Å². The average molecular weight is 409 g/mol. The molecule has 2 heterocycles. The Balaban J connectivity index is 1.60. The van der Waals surface area contributed by atoms with Crippen molar-refractivity contribution in [2.24, 2.45) is 12.1 Å². The number of benzene rings is 1. The summed E-state index contributed by atoms with van der Waals surface area (Å²) in [6.45, 7) is 4.91. The second-order valence-electron chi connectivity index (χ2n) is 8.21. The van der Waals surface area contributed by atoms with Gasteiger partial charge in [0.2, 0.25) is 0 Å². The van der Waals surface area contributed by atoms with Crippen molar-refractivity contribution in [3.05, 3.63) is 72.3 Å². The minimum Gasteiger partial charge on any atom is -0.353 e. The monoisotopic (exact) mass is 408 g/mol. The molecule has 4 rings (SSSR count). The van der Waals surface area contributed by atoms with Gasteiger partial charge >= 0.3 is 0 Å². The molecule has 0 bridgehead atoms. The molecular formula is C24H29FN4O. The maximum Gasteiger partial charge on any atom is 0.257 e. The van der Waals surface area contributed by atoms with Gasteiger partial charge in [-0.3, -0.25) is 9.69 Å². The molecule has 5 nitrogen and oxygen atoms in total. The van der Waals surface area contributed by atoms with Crippen LogP contribution in [0.4, 0.5) is 4.39 Å². The van der Waals surface area contributed by atoms with Crippen molar-refractivity contribution >= 4 is 11.6 Å². The summed E-state index contributed by atoms with van der Waals surface area (Å²) >= 11 is 0. The van der Waals surface area contributed by atoms with Crippen molar-refractivity contribution in [1.82, 2.24) is 14.5 Å². The molecule has 0 N–H and O–H groups in total. The van der Waals surface area contributed by atoms with Crippen molar-refractivity contribution in [1.29, 1.82) is 0 Å². The van der Waals surface area contributed by atoms with Crippen LogP contribution < -0.4 is 0 Å². The summed E-state index contributed by atoms with van der Waals surface area (Å²) in [5.74, 6) is -0.284. The fourth-order valence-corrected chi connectivity index (χ4v) is 4.63. The van der Waals surface area contributed by atoms with E-state index < -0.39 is 0 Å². The van der Waals surface area contributed by atoms with Gasteiger partial charge in [-0.25, -0.2) is 9.40 Å². The van der Waals surface area contributed by atoms with Crippen LogP contribution in [-0.4, -0.2) is 45.2 Å². The third kappa shape index (κ3) is 4.24. The standard InChI is InChI=1S/C24H29FN4O/c1-3-14-28(20-7-4-5-8-20)17-24(30)29-23(22-9-6-15-27(22)2)16-21(26-29)18-10-12-19(25)13-11-18/h3,6,9-13,15,20,23H,1,4-5,7-8,14,16-17H2,2H3. The third-order valence-corrected chi connectivity index (χ3v) is 6.21. The van der Waals surface area contributed by atoms with Crippen LogP contribution in [0.1, 0.15) is 49.4 Å². The Labute approximate surface area is 177 Å². The second kappa shape index (κ2) is 8.96. The lowest BCUT2D eigenvalue weighted by molar-refractivity contribution is -0.134. The first kappa shape index (κ1) is 20.5. The number of rotatable bonds is 7. The Hall–Kier alpha value is -2.73. The summed E-state index contributed by atoms with van der Waals surface area (Å²) in [4.78, 5) is 15.6. The van der Waals surface area contributed by atoms with Crippen LogP contribution in [0, 0.1) is 5.82 Å². The first-order valence-corrected chi connectivity index (χ1v) is 10.7. The third-order valence-electron chi connectivity index (χ3n) is 6.21. The van der Waals surface area contributed by atoms with Crippen molar-refractivity contribution in [3.8, 4) is 0 Å². The van der Waals surface area contributed by atoms with Gasteiger partial charge in [-0.2, -0.15) is 5.10 Å². The summed E-state index contributed by atoms with van der Waals surface area (Å²) in [5, 5.41) is 6.36. The number of aryl methyl sites for hydroxylation is 1. The number of halogens is 1. The van der Waals surface area contributed by atoms with Gasteiger partial charge in [-0.15, -0.1) is 6.58 Å². The predicted octanol–water partition coefficient (Wildman–Crippen LogP) is 4.27. The van der Waals surface area contributed by atoms with Gasteiger partial charge in [-0.1, -0.05) is 31.1 Å². The summed E-state index contributed by atoms with van der Waals surface area (Å²) < 4.78 is 15.4. The van der Waals surface area contributed by atoms with Crippen LogP contribution in [0.5, 0.6) is 0 Å². The molecule has 2 aliphatic rings. The highest BCUT2D eigenvalue weighted by molar-refractivity contribution is 6.03. The van der Waals surface area contributed by atoms with Gasteiger partial charge in [0.05, 0.1) is 12.3 Å².